The van der Waals surface area contributed by atoms with Crippen LogP contribution in [0.4, 0.5) is 4.79 Å². The highest BCUT2D eigenvalue weighted by molar-refractivity contribution is 5.89. The van der Waals surface area contributed by atoms with Crippen LogP contribution in [0, 0.1) is 0 Å². The van der Waals surface area contributed by atoms with Crippen LogP contribution in [0.5, 0.6) is 5.75 Å². The number of rotatable bonds is 9. The van der Waals surface area contributed by atoms with Crippen molar-refractivity contribution in [2.75, 3.05) is 13.6 Å². The number of phenols is 1. The summed E-state index contributed by atoms with van der Waals surface area (Å²) < 4.78 is 0. The molecule has 1 heterocycles. The van der Waals surface area contributed by atoms with Crippen molar-refractivity contribution in [3.63, 3.8) is 0 Å². The zero-order valence-electron chi connectivity index (χ0n) is 18.9. The zero-order chi connectivity index (χ0) is 23.8. The molecule has 2 amide bonds. The molecular formula is C26H29N3O4. The molecule has 3 aromatic rings. The summed E-state index contributed by atoms with van der Waals surface area (Å²) in [4.78, 5) is 32.9. The number of nitrogens with zero attached hydrogens (tertiary/aromatic N) is 3. The van der Waals surface area contributed by atoms with Crippen molar-refractivity contribution >= 4 is 12.0 Å². The Hall–Kier alpha value is -3.87. The fourth-order valence-electron chi connectivity index (χ4n) is 3.88. The zero-order valence-corrected chi connectivity index (χ0v) is 18.9. The Morgan fingerprint density at radius 3 is 2.15 bits per heavy atom. The standard InChI is InChI=1S/C26H29N3O4/c1-26(18-21-8-10-23(30)11-9-21,29(25(32)33)19-22-12-15-27-16-13-22)24(31)28(2)17-14-20-6-4-3-5-7-20/h3-13,15-16,30H,14,17-19H2,1-2H3,(H,32,33)/t26-/m0/s1. The van der Waals surface area contributed by atoms with E-state index in [0.29, 0.717) is 13.0 Å². The average molecular weight is 448 g/mol. The predicted molar refractivity (Wildman–Crippen MR) is 126 cm³/mol. The monoisotopic (exact) mass is 447 g/mol. The van der Waals surface area contributed by atoms with Crippen LogP contribution in [0.15, 0.2) is 79.1 Å². The minimum Gasteiger partial charge on any atom is -0.508 e. The fraction of sp³-hybridized carbons (Fsp3) is 0.269. The van der Waals surface area contributed by atoms with Gasteiger partial charge in [0.05, 0.1) is 6.54 Å². The summed E-state index contributed by atoms with van der Waals surface area (Å²) >= 11 is 0. The van der Waals surface area contributed by atoms with Crippen molar-refractivity contribution in [2.45, 2.75) is 31.8 Å². The van der Waals surface area contributed by atoms with Gasteiger partial charge in [-0.05, 0) is 54.3 Å². The van der Waals surface area contributed by atoms with Gasteiger partial charge in [0.25, 0.3) is 0 Å². The summed E-state index contributed by atoms with van der Waals surface area (Å²) in [6.07, 6.45) is 2.84. The van der Waals surface area contributed by atoms with Crippen molar-refractivity contribution in [3.05, 3.63) is 95.8 Å². The maximum Gasteiger partial charge on any atom is 0.408 e. The number of carbonyl (C=O) groups is 2. The highest BCUT2D eigenvalue weighted by Crippen LogP contribution is 2.27. The van der Waals surface area contributed by atoms with E-state index >= 15 is 0 Å². The predicted octanol–water partition coefficient (Wildman–Crippen LogP) is 3.97. The molecule has 0 fully saturated rings. The quantitative estimate of drug-likeness (QED) is 0.518. The van der Waals surface area contributed by atoms with Crippen LogP contribution < -0.4 is 0 Å². The molecule has 0 unspecified atom stereocenters. The third-order valence-electron chi connectivity index (χ3n) is 5.79. The Labute approximate surface area is 193 Å². The normalized spacial score (nSPS) is 12.5. The average Bonchev–Trinajstić information content (AvgIpc) is 2.83. The Bertz CT molecular complexity index is 1060. The van der Waals surface area contributed by atoms with Crippen LogP contribution in [-0.4, -0.2) is 56.1 Å². The van der Waals surface area contributed by atoms with E-state index in [2.05, 4.69) is 4.98 Å². The van der Waals surface area contributed by atoms with Gasteiger partial charge >= 0.3 is 6.09 Å². The number of pyridine rings is 1. The van der Waals surface area contributed by atoms with Crippen molar-refractivity contribution in [1.82, 2.24) is 14.8 Å². The van der Waals surface area contributed by atoms with E-state index in [1.54, 1.807) is 55.5 Å². The van der Waals surface area contributed by atoms with Crippen molar-refractivity contribution in [1.29, 1.82) is 0 Å². The lowest BCUT2D eigenvalue weighted by atomic mass is 9.88. The highest BCUT2D eigenvalue weighted by atomic mass is 16.4. The second kappa shape index (κ2) is 10.6. The Morgan fingerprint density at radius 1 is 0.909 bits per heavy atom. The number of phenolic OH excluding ortho intramolecular Hbond substituents is 1. The van der Waals surface area contributed by atoms with E-state index < -0.39 is 11.6 Å². The van der Waals surface area contributed by atoms with Crippen LogP contribution in [0.25, 0.3) is 0 Å². The lowest BCUT2D eigenvalue weighted by molar-refractivity contribution is -0.141. The molecule has 0 aliphatic heterocycles. The van der Waals surface area contributed by atoms with Gasteiger partial charge in [0.1, 0.15) is 11.3 Å². The number of aromatic hydroxyl groups is 1. The molecule has 0 saturated heterocycles. The summed E-state index contributed by atoms with van der Waals surface area (Å²) in [6, 6.07) is 19.8. The second-order valence-corrected chi connectivity index (χ2v) is 8.30. The van der Waals surface area contributed by atoms with Gasteiger partial charge < -0.3 is 15.1 Å². The molecule has 0 radical (unpaired) electrons. The van der Waals surface area contributed by atoms with Gasteiger partial charge in [-0.15, -0.1) is 0 Å². The van der Waals surface area contributed by atoms with Crippen LogP contribution in [0.2, 0.25) is 0 Å². The molecule has 172 valence electrons. The molecule has 7 nitrogen and oxygen atoms in total. The number of carboxylic acid groups (broad SMARTS) is 1. The van der Waals surface area contributed by atoms with Gasteiger partial charge in [-0.1, -0.05) is 42.5 Å². The maximum atomic E-state index is 13.8. The van der Waals surface area contributed by atoms with Gasteiger partial charge in [-0.2, -0.15) is 0 Å². The third kappa shape index (κ3) is 6.10. The summed E-state index contributed by atoms with van der Waals surface area (Å²) in [7, 11) is 1.70. The van der Waals surface area contributed by atoms with Crippen molar-refractivity contribution in [3.8, 4) is 5.75 Å². The Morgan fingerprint density at radius 2 is 1.55 bits per heavy atom. The number of carbonyl (C=O) groups excluding carboxylic acids is 1. The number of benzene rings is 2. The Kier molecular flexibility index (Phi) is 7.66. The number of likely N-dealkylation sites (N-methyl/N-ethyl adjacent to an activating group) is 1. The van der Waals surface area contributed by atoms with Gasteiger partial charge in [0.15, 0.2) is 0 Å². The molecule has 2 aromatic carbocycles. The first kappa shape index (κ1) is 23.8. The Balaban J connectivity index is 1.90. The number of aromatic nitrogens is 1. The summed E-state index contributed by atoms with van der Waals surface area (Å²) in [5, 5.41) is 19.8. The molecule has 1 atom stereocenters. The van der Waals surface area contributed by atoms with Crippen molar-refractivity contribution < 1.29 is 19.8 Å². The molecular weight excluding hydrogens is 418 g/mol. The maximum absolute atomic E-state index is 13.8. The van der Waals surface area contributed by atoms with Crippen LogP contribution >= 0.6 is 0 Å². The highest BCUT2D eigenvalue weighted by Gasteiger charge is 2.44. The van der Waals surface area contributed by atoms with Gasteiger partial charge in [0, 0.05) is 32.4 Å². The molecule has 0 spiro atoms. The van der Waals surface area contributed by atoms with E-state index in [-0.39, 0.29) is 24.6 Å². The molecule has 7 heteroatoms. The topological polar surface area (TPSA) is 94.0 Å². The van der Waals surface area contributed by atoms with E-state index in [9.17, 15) is 19.8 Å². The largest absolute Gasteiger partial charge is 0.508 e. The van der Waals surface area contributed by atoms with Crippen LogP contribution in [0.1, 0.15) is 23.6 Å². The second-order valence-electron chi connectivity index (χ2n) is 8.30. The molecule has 3 rings (SSSR count). The summed E-state index contributed by atoms with van der Waals surface area (Å²) in [6.45, 7) is 2.16. The fourth-order valence-corrected chi connectivity index (χ4v) is 3.88. The van der Waals surface area contributed by atoms with Crippen molar-refractivity contribution in [2.24, 2.45) is 0 Å². The van der Waals surface area contributed by atoms with E-state index in [1.807, 2.05) is 30.3 Å². The third-order valence-corrected chi connectivity index (χ3v) is 5.79. The minimum atomic E-state index is -1.36. The van der Waals surface area contributed by atoms with Gasteiger partial charge in [-0.25, -0.2) is 4.79 Å². The first-order chi connectivity index (χ1) is 15.8. The lowest BCUT2D eigenvalue weighted by Gasteiger charge is -2.41. The van der Waals surface area contributed by atoms with E-state index in [1.165, 1.54) is 17.0 Å². The molecule has 0 saturated carbocycles. The molecule has 0 aliphatic carbocycles. The number of amides is 2. The molecule has 1 aromatic heterocycles. The summed E-state index contributed by atoms with van der Waals surface area (Å²) in [5.41, 5.74) is 1.23. The number of hydrogen-bond donors (Lipinski definition) is 2. The lowest BCUT2D eigenvalue weighted by Crippen LogP contribution is -2.60. The molecule has 0 aliphatic rings. The number of hydrogen-bond acceptors (Lipinski definition) is 4. The smallest absolute Gasteiger partial charge is 0.408 e. The SMILES string of the molecule is CN(CCc1ccccc1)C(=O)[C@](C)(Cc1ccc(O)cc1)N(Cc1ccncc1)C(=O)O. The molecule has 33 heavy (non-hydrogen) atoms. The van der Waals surface area contributed by atoms with Gasteiger partial charge in [-0.3, -0.25) is 14.7 Å². The molecule has 0 bridgehead atoms. The first-order valence-corrected chi connectivity index (χ1v) is 10.8. The van der Waals surface area contributed by atoms with E-state index in [0.717, 1.165) is 16.7 Å². The van der Waals surface area contributed by atoms with Crippen LogP contribution in [0.3, 0.4) is 0 Å². The molecule has 2 N–H and O–H groups in total. The summed E-state index contributed by atoms with van der Waals surface area (Å²) in [5.74, 6) is -0.179. The minimum absolute atomic E-state index is 0.0463. The van der Waals surface area contributed by atoms with Crippen LogP contribution in [-0.2, 0) is 24.2 Å². The van der Waals surface area contributed by atoms with E-state index in [4.69, 9.17) is 0 Å². The first-order valence-electron chi connectivity index (χ1n) is 10.8. The van der Waals surface area contributed by atoms with Gasteiger partial charge in [0.2, 0.25) is 5.91 Å².